The summed E-state index contributed by atoms with van der Waals surface area (Å²) in [6.07, 6.45) is 3.86. The van der Waals surface area contributed by atoms with Gasteiger partial charge in [0.1, 0.15) is 0 Å². The molecule has 4 heteroatoms. The minimum atomic E-state index is 0.728. The van der Waals surface area contributed by atoms with Gasteiger partial charge < -0.3 is 9.13 Å². The van der Waals surface area contributed by atoms with E-state index in [4.69, 9.17) is 9.97 Å². The number of hydrogen-bond acceptors (Lipinski definition) is 2. The normalized spacial score (nSPS) is 11.6. The molecule has 0 aliphatic rings. The second-order valence-corrected chi connectivity index (χ2v) is 11.1. The molecule has 0 N–H and O–H groups in total. The molecule has 0 aliphatic heterocycles. The SMILES string of the molecule is c1ccc(-c2ncc(-c3ccc4c5c6c7ccccc7n(-c7ccccc7)c6ccc5n(-c5ccccc5)c4c3)cn2)cc1. The summed E-state index contributed by atoms with van der Waals surface area (Å²) in [5.74, 6) is 0.728. The van der Waals surface area contributed by atoms with Gasteiger partial charge in [-0.25, -0.2) is 9.97 Å². The third-order valence-electron chi connectivity index (χ3n) is 8.61. The summed E-state index contributed by atoms with van der Waals surface area (Å²) in [4.78, 5) is 9.43. The van der Waals surface area contributed by atoms with Crippen LogP contribution in [0.1, 0.15) is 0 Å². The standard InChI is InChI=1S/C40H26N4/c1-4-12-27(13-5-1)40-41-25-29(26-42-40)28-20-21-33-37(24-28)44(31-16-8-3-9-17-31)36-23-22-35-38(39(33)36)32-18-10-11-19-34(32)43(35)30-14-6-2-7-15-30/h1-26H. The molecule has 9 rings (SSSR count). The average molecular weight is 563 g/mol. The topological polar surface area (TPSA) is 35.6 Å². The van der Waals surface area contributed by atoms with Crippen LogP contribution in [0.5, 0.6) is 0 Å². The molecule has 6 aromatic carbocycles. The van der Waals surface area contributed by atoms with Gasteiger partial charge in [0.25, 0.3) is 0 Å². The maximum atomic E-state index is 4.71. The Morgan fingerprint density at radius 3 is 1.52 bits per heavy atom. The molecule has 206 valence electrons. The quantitative estimate of drug-likeness (QED) is 0.214. The molecule has 0 bridgehead atoms. The molecule has 3 heterocycles. The number of hydrogen-bond donors (Lipinski definition) is 0. The number of aromatic nitrogens is 4. The minimum Gasteiger partial charge on any atom is -0.309 e. The first kappa shape index (κ1) is 24.6. The van der Waals surface area contributed by atoms with Crippen molar-refractivity contribution >= 4 is 43.6 Å². The Bertz CT molecular complexity index is 2460. The van der Waals surface area contributed by atoms with Gasteiger partial charge in [-0.2, -0.15) is 0 Å². The van der Waals surface area contributed by atoms with Crippen LogP contribution in [0.2, 0.25) is 0 Å². The van der Waals surface area contributed by atoms with E-state index in [1.807, 2.05) is 42.7 Å². The van der Waals surface area contributed by atoms with Crippen LogP contribution < -0.4 is 0 Å². The lowest BCUT2D eigenvalue weighted by molar-refractivity contribution is 1.17. The third kappa shape index (κ3) is 3.71. The number of fused-ring (bicyclic) bond motifs is 7. The van der Waals surface area contributed by atoms with E-state index in [0.29, 0.717) is 0 Å². The van der Waals surface area contributed by atoms with Crippen molar-refractivity contribution in [3.8, 4) is 33.9 Å². The van der Waals surface area contributed by atoms with Crippen LogP contribution in [0.25, 0.3) is 77.5 Å². The van der Waals surface area contributed by atoms with Gasteiger partial charge in [0, 0.05) is 56.4 Å². The van der Waals surface area contributed by atoms with Gasteiger partial charge in [-0.3, -0.25) is 0 Å². The predicted octanol–water partition coefficient (Wildman–Crippen LogP) is 10.0. The fourth-order valence-electron chi connectivity index (χ4n) is 6.67. The third-order valence-corrected chi connectivity index (χ3v) is 8.61. The highest BCUT2D eigenvalue weighted by atomic mass is 15.0. The predicted molar refractivity (Wildman–Crippen MR) is 182 cm³/mol. The first-order valence-electron chi connectivity index (χ1n) is 14.8. The van der Waals surface area contributed by atoms with Crippen LogP contribution in [-0.4, -0.2) is 19.1 Å². The van der Waals surface area contributed by atoms with Crippen molar-refractivity contribution < 1.29 is 0 Å². The van der Waals surface area contributed by atoms with Gasteiger partial charge in [0.05, 0.1) is 22.1 Å². The molecule has 0 saturated carbocycles. The largest absolute Gasteiger partial charge is 0.309 e. The fourth-order valence-corrected chi connectivity index (χ4v) is 6.67. The summed E-state index contributed by atoms with van der Waals surface area (Å²) in [5, 5.41) is 4.99. The highest BCUT2D eigenvalue weighted by Gasteiger charge is 2.20. The monoisotopic (exact) mass is 562 g/mol. The zero-order valence-electron chi connectivity index (χ0n) is 23.8. The molecule has 3 aromatic heterocycles. The molecular weight excluding hydrogens is 536 g/mol. The van der Waals surface area contributed by atoms with E-state index in [9.17, 15) is 0 Å². The number of rotatable bonds is 4. The van der Waals surface area contributed by atoms with Crippen LogP contribution >= 0.6 is 0 Å². The molecule has 4 nitrogen and oxygen atoms in total. The second-order valence-electron chi connectivity index (χ2n) is 11.1. The summed E-state index contributed by atoms with van der Waals surface area (Å²) >= 11 is 0. The van der Waals surface area contributed by atoms with Crippen LogP contribution in [0, 0.1) is 0 Å². The number of benzene rings is 6. The molecule has 0 fully saturated rings. The molecular formula is C40H26N4. The van der Waals surface area contributed by atoms with Gasteiger partial charge in [-0.15, -0.1) is 0 Å². The molecule has 0 radical (unpaired) electrons. The highest BCUT2D eigenvalue weighted by molar-refractivity contribution is 6.29. The Morgan fingerprint density at radius 2 is 0.886 bits per heavy atom. The fraction of sp³-hybridized carbons (Fsp3) is 0. The second kappa shape index (κ2) is 9.79. The van der Waals surface area contributed by atoms with E-state index in [0.717, 1.165) is 39.4 Å². The Balaban J connectivity index is 1.34. The van der Waals surface area contributed by atoms with Gasteiger partial charge in [-0.1, -0.05) is 97.1 Å². The summed E-state index contributed by atoms with van der Waals surface area (Å²) in [6.45, 7) is 0. The zero-order valence-corrected chi connectivity index (χ0v) is 23.8. The van der Waals surface area contributed by atoms with Crippen molar-refractivity contribution in [1.29, 1.82) is 0 Å². The molecule has 0 amide bonds. The van der Waals surface area contributed by atoms with E-state index in [2.05, 4.69) is 124 Å². The van der Waals surface area contributed by atoms with Crippen LogP contribution in [0.3, 0.4) is 0 Å². The minimum absolute atomic E-state index is 0.728. The molecule has 0 aliphatic carbocycles. The lowest BCUT2D eigenvalue weighted by atomic mass is 10.0. The Kier molecular flexibility index (Phi) is 5.47. The summed E-state index contributed by atoms with van der Waals surface area (Å²) < 4.78 is 4.78. The Labute approximate surface area is 254 Å². The first-order chi connectivity index (χ1) is 21.8. The zero-order chi connectivity index (χ0) is 29.0. The Hall–Kier alpha value is -6.00. The van der Waals surface area contributed by atoms with Crippen molar-refractivity contribution in [1.82, 2.24) is 19.1 Å². The van der Waals surface area contributed by atoms with Crippen LogP contribution in [0.15, 0.2) is 158 Å². The first-order valence-corrected chi connectivity index (χ1v) is 14.8. The molecule has 0 saturated heterocycles. The maximum absolute atomic E-state index is 4.71. The van der Waals surface area contributed by atoms with Crippen molar-refractivity contribution in [2.75, 3.05) is 0 Å². The lowest BCUT2D eigenvalue weighted by Crippen LogP contribution is -1.94. The van der Waals surface area contributed by atoms with Crippen molar-refractivity contribution in [2.45, 2.75) is 0 Å². The van der Waals surface area contributed by atoms with E-state index in [1.165, 1.54) is 38.1 Å². The average Bonchev–Trinajstić information content (AvgIpc) is 3.62. The van der Waals surface area contributed by atoms with Crippen molar-refractivity contribution in [2.24, 2.45) is 0 Å². The van der Waals surface area contributed by atoms with E-state index in [-0.39, 0.29) is 0 Å². The highest BCUT2D eigenvalue weighted by Crippen LogP contribution is 2.43. The maximum Gasteiger partial charge on any atom is 0.159 e. The van der Waals surface area contributed by atoms with E-state index < -0.39 is 0 Å². The lowest BCUT2D eigenvalue weighted by Gasteiger charge is -2.09. The van der Waals surface area contributed by atoms with Crippen molar-refractivity contribution in [3.63, 3.8) is 0 Å². The van der Waals surface area contributed by atoms with Gasteiger partial charge in [0.15, 0.2) is 5.82 Å². The molecule has 44 heavy (non-hydrogen) atoms. The smallest absolute Gasteiger partial charge is 0.159 e. The van der Waals surface area contributed by atoms with E-state index >= 15 is 0 Å². The van der Waals surface area contributed by atoms with Crippen LogP contribution in [0.4, 0.5) is 0 Å². The molecule has 0 unspecified atom stereocenters. The van der Waals surface area contributed by atoms with E-state index in [1.54, 1.807) is 0 Å². The number of para-hydroxylation sites is 3. The summed E-state index contributed by atoms with van der Waals surface area (Å²) in [7, 11) is 0. The molecule has 0 spiro atoms. The molecule has 0 atom stereocenters. The number of nitrogens with zero attached hydrogens (tertiary/aromatic N) is 4. The Morgan fingerprint density at radius 1 is 0.364 bits per heavy atom. The molecule has 9 aromatic rings. The summed E-state index contributed by atoms with van der Waals surface area (Å²) in [6, 6.07) is 51.4. The van der Waals surface area contributed by atoms with Crippen molar-refractivity contribution in [3.05, 3.63) is 158 Å². The van der Waals surface area contributed by atoms with Gasteiger partial charge >= 0.3 is 0 Å². The van der Waals surface area contributed by atoms with Gasteiger partial charge in [0.2, 0.25) is 0 Å². The summed E-state index contributed by atoms with van der Waals surface area (Å²) in [5.41, 5.74) is 10.1. The van der Waals surface area contributed by atoms with Gasteiger partial charge in [-0.05, 0) is 54.1 Å². The van der Waals surface area contributed by atoms with Crippen LogP contribution in [-0.2, 0) is 0 Å².